The third kappa shape index (κ3) is 7.40. The van der Waals surface area contributed by atoms with E-state index in [-0.39, 0.29) is 6.42 Å². The average molecular weight is 328 g/mol. The number of hydrogen-bond acceptors (Lipinski definition) is 3. The van der Waals surface area contributed by atoms with Gasteiger partial charge in [0.2, 0.25) is 0 Å². The Morgan fingerprint density at radius 2 is 1.67 bits per heavy atom. The fourth-order valence-electron chi connectivity index (χ4n) is 2.29. The van der Waals surface area contributed by atoms with Crippen LogP contribution in [-0.2, 0) is 9.53 Å². The Kier molecular flexibility index (Phi) is 8.17. The third-order valence-electron chi connectivity index (χ3n) is 3.75. The summed E-state index contributed by atoms with van der Waals surface area (Å²) in [6.45, 7) is 9.97. The predicted octanol–water partition coefficient (Wildman–Crippen LogP) is 5.46. The van der Waals surface area contributed by atoms with Crippen LogP contribution in [0.3, 0.4) is 0 Å². The van der Waals surface area contributed by atoms with Crippen LogP contribution < -0.4 is 0 Å². The minimum Gasteiger partial charge on any atom is -0.389 e. The molecule has 24 heavy (non-hydrogen) atoms. The van der Waals surface area contributed by atoms with Crippen LogP contribution in [0.2, 0.25) is 0 Å². The maximum absolute atomic E-state index is 12.1. The van der Waals surface area contributed by atoms with Crippen LogP contribution in [0.5, 0.6) is 0 Å². The summed E-state index contributed by atoms with van der Waals surface area (Å²) in [5.41, 5.74) is 4.80. The molecule has 0 unspecified atom stereocenters. The van der Waals surface area contributed by atoms with Crippen molar-refractivity contribution < 1.29 is 14.3 Å². The molecule has 0 atom stereocenters. The molecule has 1 rings (SSSR count). The Balaban J connectivity index is 2.45. The zero-order valence-corrected chi connectivity index (χ0v) is 15.4. The molecule has 3 heteroatoms. The summed E-state index contributed by atoms with van der Waals surface area (Å²) < 4.78 is 4.95. The smallest absolute Gasteiger partial charge is 0.346 e. The highest BCUT2D eigenvalue weighted by atomic mass is 16.6. The number of esters is 2. The number of aryl methyl sites for hydroxylation is 2. The van der Waals surface area contributed by atoms with E-state index < -0.39 is 11.9 Å². The second kappa shape index (κ2) is 9.86. The number of carbonyl (C=O) groups is 2. The zero-order valence-electron chi connectivity index (χ0n) is 15.4. The topological polar surface area (TPSA) is 43.4 Å². The molecule has 0 bridgehead atoms. The average Bonchev–Trinajstić information content (AvgIpc) is 2.49. The molecule has 130 valence electrons. The van der Waals surface area contributed by atoms with E-state index in [1.54, 1.807) is 6.07 Å². The molecule has 0 aliphatic rings. The molecule has 0 aromatic heterocycles. The van der Waals surface area contributed by atoms with Crippen LogP contribution in [0.25, 0.3) is 0 Å². The highest BCUT2D eigenvalue weighted by Gasteiger charge is 2.14. The first-order valence-electron chi connectivity index (χ1n) is 8.41. The van der Waals surface area contributed by atoms with Crippen molar-refractivity contribution in [3.05, 3.63) is 58.2 Å². The van der Waals surface area contributed by atoms with Gasteiger partial charge < -0.3 is 4.74 Å². The predicted molar refractivity (Wildman–Crippen MR) is 98.0 cm³/mol. The van der Waals surface area contributed by atoms with Gasteiger partial charge in [-0.2, -0.15) is 0 Å². The van der Waals surface area contributed by atoms with Crippen molar-refractivity contribution in [2.45, 2.75) is 60.3 Å². The van der Waals surface area contributed by atoms with Gasteiger partial charge in [-0.1, -0.05) is 41.0 Å². The van der Waals surface area contributed by atoms with E-state index in [4.69, 9.17) is 4.74 Å². The van der Waals surface area contributed by atoms with Crippen LogP contribution in [0.15, 0.2) is 41.5 Å². The molecular formula is C21H28O3. The SMILES string of the molecule is CC(C)=CCCC(C)=CCCC(=O)OC(=O)c1cc(C)ccc1C. The van der Waals surface area contributed by atoms with Gasteiger partial charge in [0.25, 0.3) is 0 Å². The van der Waals surface area contributed by atoms with Crippen molar-refractivity contribution in [1.82, 2.24) is 0 Å². The van der Waals surface area contributed by atoms with E-state index in [0.717, 1.165) is 24.0 Å². The molecule has 0 spiro atoms. The number of hydrogen-bond donors (Lipinski definition) is 0. The lowest BCUT2D eigenvalue weighted by atomic mass is 10.1. The van der Waals surface area contributed by atoms with Crippen molar-refractivity contribution in [3.8, 4) is 0 Å². The van der Waals surface area contributed by atoms with E-state index in [1.807, 2.05) is 32.1 Å². The first-order chi connectivity index (χ1) is 11.3. The van der Waals surface area contributed by atoms with Crippen LogP contribution in [0, 0.1) is 13.8 Å². The Morgan fingerprint density at radius 3 is 2.33 bits per heavy atom. The highest BCUT2D eigenvalue weighted by molar-refractivity contribution is 5.98. The molecule has 1 aromatic carbocycles. The molecule has 3 nitrogen and oxygen atoms in total. The summed E-state index contributed by atoms with van der Waals surface area (Å²) in [5, 5.41) is 0. The lowest BCUT2D eigenvalue weighted by Crippen LogP contribution is -2.13. The fraction of sp³-hybridized carbons (Fsp3) is 0.429. The van der Waals surface area contributed by atoms with Gasteiger partial charge in [0, 0.05) is 6.42 Å². The third-order valence-corrected chi connectivity index (χ3v) is 3.75. The Morgan fingerprint density at radius 1 is 1.00 bits per heavy atom. The standard InChI is InChI=1S/C21H28O3/c1-15(2)8-6-9-16(3)10-7-11-20(22)24-21(23)19-14-17(4)12-13-18(19)5/h8,10,12-14H,6-7,9,11H2,1-5H3. The Bertz CT molecular complexity index is 647. The van der Waals surface area contributed by atoms with Crippen molar-refractivity contribution in [1.29, 1.82) is 0 Å². The van der Waals surface area contributed by atoms with Gasteiger partial charge in [-0.15, -0.1) is 0 Å². The summed E-state index contributed by atoms with van der Waals surface area (Å²) >= 11 is 0. The highest BCUT2D eigenvalue weighted by Crippen LogP contribution is 2.13. The Labute approximate surface area is 145 Å². The quantitative estimate of drug-likeness (QED) is 0.379. The molecule has 0 aliphatic carbocycles. The minimum atomic E-state index is -0.564. The second-order valence-electron chi connectivity index (χ2n) is 6.49. The summed E-state index contributed by atoms with van der Waals surface area (Å²) in [6, 6.07) is 5.53. The molecule has 0 heterocycles. The van der Waals surface area contributed by atoms with Crippen molar-refractivity contribution in [2.24, 2.45) is 0 Å². The molecule has 0 saturated heterocycles. The van der Waals surface area contributed by atoms with Gasteiger partial charge >= 0.3 is 11.9 Å². The molecule has 0 saturated carbocycles. The van der Waals surface area contributed by atoms with Crippen molar-refractivity contribution in [2.75, 3.05) is 0 Å². The summed E-state index contributed by atoms with van der Waals surface area (Å²) in [4.78, 5) is 23.9. The minimum absolute atomic E-state index is 0.219. The van der Waals surface area contributed by atoms with Gasteiger partial charge in [-0.3, -0.25) is 4.79 Å². The van der Waals surface area contributed by atoms with E-state index >= 15 is 0 Å². The number of carbonyl (C=O) groups excluding carboxylic acids is 2. The van der Waals surface area contributed by atoms with Gasteiger partial charge in [0.05, 0.1) is 5.56 Å². The lowest BCUT2D eigenvalue weighted by Gasteiger charge is -2.06. The number of benzene rings is 1. The van der Waals surface area contributed by atoms with Gasteiger partial charge in [-0.25, -0.2) is 4.79 Å². The molecule has 0 amide bonds. The Hall–Kier alpha value is -2.16. The normalized spacial score (nSPS) is 11.1. The summed E-state index contributed by atoms with van der Waals surface area (Å²) in [6.07, 6.45) is 7.06. The molecule has 0 N–H and O–H groups in total. The van der Waals surface area contributed by atoms with Gasteiger partial charge in [0.15, 0.2) is 0 Å². The van der Waals surface area contributed by atoms with Crippen LogP contribution >= 0.6 is 0 Å². The van der Waals surface area contributed by atoms with Gasteiger partial charge in [-0.05, 0) is 65.5 Å². The maximum Gasteiger partial charge on any atom is 0.346 e. The number of ether oxygens (including phenoxy) is 1. The molecule has 0 radical (unpaired) electrons. The van der Waals surface area contributed by atoms with Crippen LogP contribution in [-0.4, -0.2) is 11.9 Å². The van der Waals surface area contributed by atoms with Gasteiger partial charge in [0.1, 0.15) is 0 Å². The maximum atomic E-state index is 12.1. The molecule has 0 fully saturated rings. The first kappa shape index (κ1) is 19.9. The van der Waals surface area contributed by atoms with E-state index in [2.05, 4.69) is 26.8 Å². The van der Waals surface area contributed by atoms with E-state index in [0.29, 0.717) is 12.0 Å². The molecular weight excluding hydrogens is 300 g/mol. The number of allylic oxidation sites excluding steroid dienone is 4. The fourth-order valence-corrected chi connectivity index (χ4v) is 2.29. The van der Waals surface area contributed by atoms with Crippen LogP contribution in [0.1, 0.15) is 67.9 Å². The van der Waals surface area contributed by atoms with E-state index in [9.17, 15) is 9.59 Å². The molecule has 0 aliphatic heterocycles. The monoisotopic (exact) mass is 328 g/mol. The summed E-state index contributed by atoms with van der Waals surface area (Å²) in [5.74, 6) is -1.04. The second-order valence-corrected chi connectivity index (χ2v) is 6.49. The lowest BCUT2D eigenvalue weighted by molar-refractivity contribution is -0.137. The largest absolute Gasteiger partial charge is 0.389 e. The van der Waals surface area contributed by atoms with Crippen LogP contribution in [0.4, 0.5) is 0 Å². The van der Waals surface area contributed by atoms with Crippen molar-refractivity contribution in [3.63, 3.8) is 0 Å². The van der Waals surface area contributed by atoms with E-state index in [1.165, 1.54) is 11.1 Å². The zero-order chi connectivity index (χ0) is 18.1. The summed E-state index contributed by atoms with van der Waals surface area (Å²) in [7, 11) is 0. The number of rotatable bonds is 7. The molecule has 1 aromatic rings. The first-order valence-corrected chi connectivity index (χ1v) is 8.41. The van der Waals surface area contributed by atoms with Crippen molar-refractivity contribution >= 4 is 11.9 Å².